The van der Waals surface area contributed by atoms with Crippen molar-refractivity contribution in [3.8, 4) is 0 Å². The highest BCUT2D eigenvalue weighted by Crippen LogP contribution is 2.09. The summed E-state index contributed by atoms with van der Waals surface area (Å²) in [5.74, 6) is 1.15. The molecule has 1 aromatic heterocycles. The van der Waals surface area contributed by atoms with Crippen LogP contribution in [0.5, 0.6) is 0 Å². The summed E-state index contributed by atoms with van der Waals surface area (Å²) >= 11 is 0. The molecule has 2 rings (SSSR count). The monoisotopic (exact) mass is 236 g/mol. The summed E-state index contributed by atoms with van der Waals surface area (Å²) in [7, 11) is 0. The number of carbonyl (C=O) groups is 1. The van der Waals surface area contributed by atoms with Gasteiger partial charge in [-0.15, -0.1) is 0 Å². The maximum atomic E-state index is 11.4. The summed E-state index contributed by atoms with van der Waals surface area (Å²) in [4.78, 5) is 11.4. The number of furan rings is 1. The molecule has 2 atom stereocenters. The fourth-order valence-corrected chi connectivity index (χ4v) is 2.31. The van der Waals surface area contributed by atoms with Gasteiger partial charge >= 0.3 is 0 Å². The first-order chi connectivity index (χ1) is 8.24. The Morgan fingerprint density at radius 3 is 3.29 bits per heavy atom. The normalized spacial score (nSPS) is 22.9. The van der Waals surface area contributed by atoms with Crippen molar-refractivity contribution in [3.05, 3.63) is 24.2 Å². The largest absolute Gasteiger partial charge is 0.469 e. The lowest BCUT2D eigenvalue weighted by molar-refractivity contribution is -0.121. The van der Waals surface area contributed by atoms with E-state index in [0.717, 1.165) is 31.6 Å². The Morgan fingerprint density at radius 1 is 1.65 bits per heavy atom. The molecule has 2 heterocycles. The summed E-state index contributed by atoms with van der Waals surface area (Å²) in [6.07, 6.45) is 5.26. The molecule has 0 saturated carbocycles. The van der Waals surface area contributed by atoms with Crippen LogP contribution in [0.15, 0.2) is 22.8 Å². The number of carbonyl (C=O) groups excluding carboxylic acids is 1. The Labute approximate surface area is 102 Å². The molecule has 1 amide bonds. The van der Waals surface area contributed by atoms with Crippen molar-refractivity contribution in [2.24, 2.45) is 0 Å². The predicted octanol–water partition coefficient (Wildman–Crippen LogP) is 1.47. The Kier molecular flexibility index (Phi) is 4.20. The third-order valence-corrected chi connectivity index (χ3v) is 3.09. The number of rotatable bonds is 4. The molecule has 1 aromatic rings. The zero-order valence-corrected chi connectivity index (χ0v) is 10.2. The van der Waals surface area contributed by atoms with E-state index in [1.54, 1.807) is 6.26 Å². The van der Waals surface area contributed by atoms with Crippen molar-refractivity contribution in [1.82, 2.24) is 10.6 Å². The van der Waals surface area contributed by atoms with Gasteiger partial charge in [-0.3, -0.25) is 4.79 Å². The van der Waals surface area contributed by atoms with Crippen molar-refractivity contribution in [3.63, 3.8) is 0 Å². The van der Waals surface area contributed by atoms with Gasteiger partial charge < -0.3 is 15.1 Å². The first kappa shape index (κ1) is 12.2. The second-order valence-electron chi connectivity index (χ2n) is 4.74. The summed E-state index contributed by atoms with van der Waals surface area (Å²) in [6.45, 7) is 2.94. The Hall–Kier alpha value is -1.29. The van der Waals surface area contributed by atoms with E-state index in [-0.39, 0.29) is 5.91 Å². The minimum atomic E-state index is 0.158. The fraction of sp³-hybridized carbons (Fsp3) is 0.615. The van der Waals surface area contributed by atoms with E-state index in [1.165, 1.54) is 0 Å². The molecule has 4 heteroatoms. The van der Waals surface area contributed by atoms with Crippen LogP contribution in [0.2, 0.25) is 0 Å². The Morgan fingerprint density at radius 2 is 2.53 bits per heavy atom. The first-order valence-corrected chi connectivity index (χ1v) is 6.29. The lowest BCUT2D eigenvalue weighted by Crippen LogP contribution is -2.39. The second-order valence-corrected chi connectivity index (χ2v) is 4.74. The van der Waals surface area contributed by atoms with Crippen molar-refractivity contribution in [2.45, 2.75) is 44.7 Å². The number of hydrogen-bond acceptors (Lipinski definition) is 3. The van der Waals surface area contributed by atoms with Crippen LogP contribution in [0, 0.1) is 0 Å². The molecule has 4 nitrogen and oxygen atoms in total. The molecule has 1 saturated heterocycles. The van der Waals surface area contributed by atoms with Gasteiger partial charge in [-0.1, -0.05) is 0 Å². The van der Waals surface area contributed by atoms with Gasteiger partial charge in [-0.05, 0) is 31.9 Å². The van der Waals surface area contributed by atoms with Crippen molar-refractivity contribution in [2.75, 3.05) is 6.54 Å². The molecule has 1 aliphatic rings. The van der Waals surface area contributed by atoms with E-state index in [1.807, 2.05) is 12.1 Å². The van der Waals surface area contributed by atoms with Crippen LogP contribution in [0.1, 0.15) is 31.9 Å². The average Bonchev–Trinajstić information content (AvgIpc) is 2.68. The minimum Gasteiger partial charge on any atom is -0.469 e. The number of nitrogens with one attached hydrogen (secondary N) is 2. The molecule has 1 fully saturated rings. The molecule has 2 unspecified atom stereocenters. The standard InChI is InChI=1S/C13H20N2O2/c1-10(8-12-5-3-7-17-12)15-11-4-2-6-14-13(16)9-11/h3,5,7,10-11,15H,2,4,6,8-9H2,1H3,(H,14,16). The summed E-state index contributed by atoms with van der Waals surface area (Å²) in [5.41, 5.74) is 0. The van der Waals surface area contributed by atoms with Crippen LogP contribution in [0.3, 0.4) is 0 Å². The second kappa shape index (κ2) is 5.87. The molecule has 0 aliphatic carbocycles. The Bertz CT molecular complexity index is 348. The third-order valence-electron chi connectivity index (χ3n) is 3.09. The van der Waals surface area contributed by atoms with E-state index in [0.29, 0.717) is 18.5 Å². The van der Waals surface area contributed by atoms with Gasteiger partial charge in [0.05, 0.1) is 6.26 Å². The highest BCUT2D eigenvalue weighted by atomic mass is 16.3. The molecule has 2 N–H and O–H groups in total. The van der Waals surface area contributed by atoms with E-state index >= 15 is 0 Å². The number of amides is 1. The SMILES string of the molecule is CC(Cc1ccco1)NC1CCCNC(=O)C1. The van der Waals surface area contributed by atoms with Crippen LogP contribution >= 0.6 is 0 Å². The van der Waals surface area contributed by atoms with Crippen molar-refractivity contribution < 1.29 is 9.21 Å². The van der Waals surface area contributed by atoms with Gasteiger partial charge in [0.2, 0.25) is 5.91 Å². The topological polar surface area (TPSA) is 54.3 Å². The minimum absolute atomic E-state index is 0.158. The molecule has 0 bridgehead atoms. The van der Waals surface area contributed by atoms with E-state index in [4.69, 9.17) is 4.42 Å². The molecule has 0 aromatic carbocycles. The third kappa shape index (κ3) is 3.89. The Balaban J connectivity index is 1.80. The maximum absolute atomic E-state index is 11.4. The van der Waals surface area contributed by atoms with Crippen LogP contribution in [-0.4, -0.2) is 24.5 Å². The lowest BCUT2D eigenvalue weighted by atomic mass is 10.1. The number of hydrogen-bond donors (Lipinski definition) is 2. The van der Waals surface area contributed by atoms with Crippen molar-refractivity contribution in [1.29, 1.82) is 0 Å². The summed E-state index contributed by atoms with van der Waals surface area (Å²) in [6, 6.07) is 4.51. The van der Waals surface area contributed by atoms with Gasteiger partial charge in [0.15, 0.2) is 0 Å². The molecular weight excluding hydrogens is 216 g/mol. The smallest absolute Gasteiger partial charge is 0.221 e. The van der Waals surface area contributed by atoms with Gasteiger partial charge in [0.25, 0.3) is 0 Å². The molecular formula is C13H20N2O2. The van der Waals surface area contributed by atoms with Gasteiger partial charge in [0, 0.05) is 31.5 Å². The maximum Gasteiger partial charge on any atom is 0.221 e. The van der Waals surface area contributed by atoms with Gasteiger partial charge in [0.1, 0.15) is 5.76 Å². The van der Waals surface area contributed by atoms with Gasteiger partial charge in [-0.25, -0.2) is 0 Å². The summed E-state index contributed by atoms with van der Waals surface area (Å²) in [5, 5.41) is 6.40. The van der Waals surface area contributed by atoms with Crippen molar-refractivity contribution >= 4 is 5.91 Å². The first-order valence-electron chi connectivity index (χ1n) is 6.29. The van der Waals surface area contributed by atoms with E-state index in [2.05, 4.69) is 17.6 Å². The highest BCUT2D eigenvalue weighted by Gasteiger charge is 2.19. The highest BCUT2D eigenvalue weighted by molar-refractivity contribution is 5.76. The van der Waals surface area contributed by atoms with Crippen LogP contribution in [-0.2, 0) is 11.2 Å². The van der Waals surface area contributed by atoms with Crippen LogP contribution in [0.25, 0.3) is 0 Å². The molecule has 94 valence electrons. The zero-order chi connectivity index (χ0) is 12.1. The van der Waals surface area contributed by atoms with Crippen LogP contribution in [0.4, 0.5) is 0 Å². The predicted molar refractivity (Wildman–Crippen MR) is 65.7 cm³/mol. The van der Waals surface area contributed by atoms with Gasteiger partial charge in [-0.2, -0.15) is 0 Å². The molecule has 17 heavy (non-hydrogen) atoms. The lowest BCUT2D eigenvalue weighted by Gasteiger charge is -2.20. The summed E-state index contributed by atoms with van der Waals surface area (Å²) < 4.78 is 5.32. The average molecular weight is 236 g/mol. The molecule has 0 radical (unpaired) electrons. The van der Waals surface area contributed by atoms with E-state index in [9.17, 15) is 4.79 Å². The zero-order valence-electron chi connectivity index (χ0n) is 10.2. The molecule has 0 spiro atoms. The fourth-order valence-electron chi connectivity index (χ4n) is 2.31. The quantitative estimate of drug-likeness (QED) is 0.832. The van der Waals surface area contributed by atoms with E-state index < -0.39 is 0 Å². The molecule has 1 aliphatic heterocycles. The van der Waals surface area contributed by atoms with Crippen LogP contribution < -0.4 is 10.6 Å².